The van der Waals surface area contributed by atoms with Crippen LogP contribution in [0.1, 0.15) is 0 Å². The zero-order valence-corrected chi connectivity index (χ0v) is 19.2. The van der Waals surface area contributed by atoms with E-state index in [1.807, 2.05) is 12.1 Å². The van der Waals surface area contributed by atoms with E-state index in [2.05, 4.69) is 46.1 Å². The third-order valence-corrected chi connectivity index (χ3v) is 7.09. The molecular weight excluding hydrogens is 444 g/mol. The number of aromatic amines is 1. The number of aliphatic hydroxyl groups is 1. The van der Waals surface area contributed by atoms with E-state index >= 15 is 0 Å². The van der Waals surface area contributed by atoms with E-state index in [1.54, 1.807) is 0 Å². The zero-order valence-electron chi connectivity index (χ0n) is 18.4. The van der Waals surface area contributed by atoms with Gasteiger partial charge in [0.2, 0.25) is 0 Å². The van der Waals surface area contributed by atoms with Crippen molar-refractivity contribution in [3.63, 3.8) is 0 Å². The number of aromatic nitrogens is 2. The van der Waals surface area contributed by atoms with Gasteiger partial charge in [-0.3, -0.25) is 0 Å². The summed E-state index contributed by atoms with van der Waals surface area (Å²) >= 11 is 6.60. The standard InChI is InChI=1S/C24H27ClN4O4/c1-28-6-8-29(9-7-28)15-4-2-14(3-5-15)22-16(25)10-17-18(27-22)11-21(26-17)33-20-13-32-23-19(30)12-31-24(20)23/h2-5,10-11,19-20,23-24,26,30H,6-9,12-13H2,1H3/t19-,20-,23?,24?/m1/s1. The molecule has 9 heteroatoms. The molecule has 0 amide bonds. The van der Waals surface area contributed by atoms with Crippen molar-refractivity contribution >= 4 is 28.3 Å². The molecule has 1 aromatic carbocycles. The Balaban J connectivity index is 1.21. The molecule has 3 aromatic rings. The second-order valence-corrected chi connectivity index (χ2v) is 9.45. The summed E-state index contributed by atoms with van der Waals surface area (Å²) in [6, 6.07) is 12.2. The second kappa shape index (κ2) is 8.45. The van der Waals surface area contributed by atoms with Crippen LogP contribution in [0.25, 0.3) is 22.3 Å². The van der Waals surface area contributed by atoms with Gasteiger partial charge in [-0.25, -0.2) is 4.98 Å². The van der Waals surface area contributed by atoms with E-state index in [9.17, 15) is 5.11 Å². The van der Waals surface area contributed by atoms with Crippen molar-refractivity contribution in [3.8, 4) is 17.1 Å². The lowest BCUT2D eigenvalue weighted by Crippen LogP contribution is -2.44. The lowest BCUT2D eigenvalue weighted by atomic mass is 10.1. The summed E-state index contributed by atoms with van der Waals surface area (Å²) in [6.45, 7) is 4.86. The largest absolute Gasteiger partial charge is 0.470 e. The highest BCUT2D eigenvalue weighted by atomic mass is 35.5. The maximum atomic E-state index is 9.93. The Hall–Kier alpha value is -2.36. The number of nitrogens with one attached hydrogen (secondary N) is 1. The molecule has 4 atom stereocenters. The molecule has 0 spiro atoms. The van der Waals surface area contributed by atoms with Crippen LogP contribution >= 0.6 is 11.6 Å². The van der Waals surface area contributed by atoms with Crippen LogP contribution in [0, 0.1) is 0 Å². The first kappa shape index (κ1) is 21.2. The summed E-state index contributed by atoms with van der Waals surface area (Å²) in [5.74, 6) is 0.579. The van der Waals surface area contributed by atoms with Crippen molar-refractivity contribution in [1.82, 2.24) is 14.9 Å². The van der Waals surface area contributed by atoms with Gasteiger partial charge in [-0.1, -0.05) is 23.7 Å². The van der Waals surface area contributed by atoms with Crippen molar-refractivity contribution < 1.29 is 19.3 Å². The highest BCUT2D eigenvalue weighted by Crippen LogP contribution is 2.34. The SMILES string of the molecule is CN1CCN(c2ccc(-c3nc4cc(O[C@@H]5COC6C5OC[C@H]6O)[nH]c4cc3Cl)cc2)CC1. The van der Waals surface area contributed by atoms with E-state index in [1.165, 1.54) is 5.69 Å². The van der Waals surface area contributed by atoms with E-state index < -0.39 is 6.10 Å². The molecule has 3 aliphatic rings. The third-order valence-electron chi connectivity index (χ3n) is 6.80. The fourth-order valence-corrected chi connectivity index (χ4v) is 5.14. The van der Waals surface area contributed by atoms with Crippen LogP contribution in [0.5, 0.6) is 5.88 Å². The molecule has 3 fully saturated rings. The van der Waals surface area contributed by atoms with Crippen molar-refractivity contribution in [2.75, 3.05) is 51.3 Å². The molecule has 5 heterocycles. The van der Waals surface area contributed by atoms with Gasteiger partial charge in [0.1, 0.15) is 18.3 Å². The lowest BCUT2D eigenvalue weighted by Gasteiger charge is -2.34. The molecule has 6 rings (SSSR count). The molecular formula is C24H27ClN4O4. The summed E-state index contributed by atoms with van der Waals surface area (Å²) in [4.78, 5) is 12.8. The molecule has 2 aromatic heterocycles. The summed E-state index contributed by atoms with van der Waals surface area (Å²) in [5, 5.41) is 10.5. The summed E-state index contributed by atoms with van der Waals surface area (Å²) in [5.41, 5.74) is 4.51. The number of pyridine rings is 1. The molecule has 8 nitrogen and oxygen atoms in total. The van der Waals surface area contributed by atoms with Crippen molar-refractivity contribution in [2.24, 2.45) is 0 Å². The molecule has 2 N–H and O–H groups in total. The molecule has 33 heavy (non-hydrogen) atoms. The predicted molar refractivity (Wildman–Crippen MR) is 126 cm³/mol. The molecule has 174 valence electrons. The second-order valence-electron chi connectivity index (χ2n) is 9.04. The maximum Gasteiger partial charge on any atom is 0.193 e. The molecule has 3 aliphatic heterocycles. The van der Waals surface area contributed by atoms with Gasteiger partial charge >= 0.3 is 0 Å². The minimum absolute atomic E-state index is 0.266. The first-order valence-corrected chi connectivity index (χ1v) is 11.7. The smallest absolute Gasteiger partial charge is 0.193 e. The minimum Gasteiger partial charge on any atom is -0.470 e. The number of ether oxygens (including phenoxy) is 3. The monoisotopic (exact) mass is 470 g/mol. The first-order chi connectivity index (χ1) is 16.0. The average Bonchev–Trinajstić information content (AvgIpc) is 3.51. The van der Waals surface area contributed by atoms with Gasteiger partial charge in [0, 0.05) is 43.5 Å². The number of H-pyrrole nitrogens is 1. The number of anilines is 1. The fraction of sp³-hybridized carbons (Fsp3) is 0.458. The Labute approximate surface area is 197 Å². The number of halogens is 1. The van der Waals surface area contributed by atoms with Gasteiger partial charge in [0.25, 0.3) is 0 Å². The highest BCUT2D eigenvalue weighted by Gasteiger charge is 2.48. The minimum atomic E-state index is -0.600. The van der Waals surface area contributed by atoms with Crippen LogP contribution in [-0.4, -0.2) is 90.8 Å². The summed E-state index contributed by atoms with van der Waals surface area (Å²) in [7, 11) is 2.16. The van der Waals surface area contributed by atoms with Crippen LogP contribution in [-0.2, 0) is 9.47 Å². The van der Waals surface area contributed by atoms with Crippen LogP contribution in [0.4, 0.5) is 5.69 Å². The van der Waals surface area contributed by atoms with Gasteiger partial charge in [-0.2, -0.15) is 0 Å². The van der Waals surface area contributed by atoms with Crippen LogP contribution in [0.3, 0.4) is 0 Å². The van der Waals surface area contributed by atoms with Crippen molar-refractivity contribution in [2.45, 2.75) is 24.4 Å². The number of piperazine rings is 1. The quantitative estimate of drug-likeness (QED) is 0.606. The van der Waals surface area contributed by atoms with Gasteiger partial charge in [0.15, 0.2) is 12.0 Å². The number of fused-ring (bicyclic) bond motifs is 2. The number of hydrogen-bond acceptors (Lipinski definition) is 7. The average molecular weight is 471 g/mol. The molecule has 0 aliphatic carbocycles. The molecule has 0 radical (unpaired) electrons. The Morgan fingerprint density at radius 1 is 1.06 bits per heavy atom. The zero-order chi connectivity index (χ0) is 22.5. The molecule has 2 unspecified atom stereocenters. The Bertz CT molecular complexity index is 1150. The van der Waals surface area contributed by atoms with Gasteiger partial charge < -0.3 is 34.1 Å². The van der Waals surface area contributed by atoms with E-state index in [4.69, 9.17) is 30.8 Å². The van der Waals surface area contributed by atoms with Gasteiger partial charge in [-0.05, 0) is 25.2 Å². The molecule has 3 saturated heterocycles. The highest BCUT2D eigenvalue weighted by molar-refractivity contribution is 6.33. The normalized spacial score (nSPS) is 27.9. The topological polar surface area (TPSA) is 83.1 Å². The van der Waals surface area contributed by atoms with Crippen LogP contribution in [0.15, 0.2) is 36.4 Å². The number of rotatable bonds is 4. The number of aliphatic hydroxyl groups excluding tert-OH is 1. The Kier molecular flexibility index (Phi) is 5.43. The first-order valence-electron chi connectivity index (χ1n) is 11.4. The van der Waals surface area contributed by atoms with Crippen LogP contribution in [0.2, 0.25) is 5.02 Å². The van der Waals surface area contributed by atoms with Gasteiger partial charge in [-0.15, -0.1) is 0 Å². The predicted octanol–water partition coefficient (Wildman–Crippen LogP) is 2.54. The van der Waals surface area contributed by atoms with E-state index in [0.29, 0.717) is 17.5 Å². The number of nitrogens with zero attached hydrogens (tertiary/aromatic N) is 3. The summed E-state index contributed by atoms with van der Waals surface area (Å²) in [6.07, 6.45) is -1.47. The molecule has 0 saturated carbocycles. The Morgan fingerprint density at radius 3 is 2.61 bits per heavy atom. The number of likely N-dealkylation sites (N-methyl/N-ethyl adjacent to an activating group) is 1. The number of benzene rings is 1. The van der Waals surface area contributed by atoms with E-state index in [-0.39, 0.29) is 24.9 Å². The van der Waals surface area contributed by atoms with Crippen LogP contribution < -0.4 is 9.64 Å². The van der Waals surface area contributed by atoms with Gasteiger partial charge in [0.05, 0.1) is 35.0 Å². The van der Waals surface area contributed by atoms with Crippen molar-refractivity contribution in [3.05, 3.63) is 41.4 Å². The summed E-state index contributed by atoms with van der Waals surface area (Å²) < 4.78 is 17.4. The fourth-order valence-electron chi connectivity index (χ4n) is 4.88. The number of hydrogen-bond donors (Lipinski definition) is 2. The third kappa shape index (κ3) is 3.96. The van der Waals surface area contributed by atoms with Crippen molar-refractivity contribution in [1.29, 1.82) is 0 Å². The Morgan fingerprint density at radius 2 is 1.82 bits per heavy atom. The van der Waals surface area contributed by atoms with E-state index in [0.717, 1.165) is 48.5 Å². The maximum absolute atomic E-state index is 9.93. The molecule has 0 bridgehead atoms. The lowest BCUT2D eigenvalue weighted by molar-refractivity contribution is 0.00794.